The van der Waals surface area contributed by atoms with Crippen LogP contribution in [0.25, 0.3) is 10.2 Å². The predicted molar refractivity (Wildman–Crippen MR) is 127 cm³/mol. The Morgan fingerprint density at radius 3 is 2.68 bits per heavy atom. The van der Waals surface area contributed by atoms with Gasteiger partial charge in [-0.2, -0.15) is 0 Å². The third-order valence-electron chi connectivity index (χ3n) is 4.76. The normalized spacial score (nSPS) is 12.0. The lowest BCUT2D eigenvalue weighted by Crippen LogP contribution is -2.38. The van der Waals surface area contributed by atoms with Crippen LogP contribution in [0, 0.1) is 13.8 Å². The molecule has 0 saturated carbocycles. The summed E-state index contributed by atoms with van der Waals surface area (Å²) >= 11 is 8.88. The van der Waals surface area contributed by atoms with Crippen LogP contribution in [0.5, 0.6) is 0 Å². The monoisotopic (exact) mass is 478 g/mol. The van der Waals surface area contributed by atoms with E-state index in [4.69, 9.17) is 11.6 Å². The summed E-state index contributed by atoms with van der Waals surface area (Å²) in [6, 6.07) is 6.79. The molecule has 3 N–H and O–H groups in total. The van der Waals surface area contributed by atoms with Gasteiger partial charge >= 0.3 is 0 Å². The quantitative estimate of drug-likeness (QED) is 0.430. The number of nitrogens with zero attached hydrogens (tertiary/aromatic N) is 1. The number of benzene rings is 1. The number of H-pyrrole nitrogens is 1. The topological polar surface area (TPSA) is 104 Å². The molecule has 10 heteroatoms. The van der Waals surface area contributed by atoms with E-state index in [1.807, 2.05) is 13.8 Å². The largest absolute Gasteiger partial charge is 0.353 e. The van der Waals surface area contributed by atoms with Crippen molar-refractivity contribution in [1.82, 2.24) is 20.6 Å². The maximum Gasteiger partial charge on any atom is 0.259 e. The fourth-order valence-electron chi connectivity index (χ4n) is 2.89. The maximum absolute atomic E-state index is 12.3. The molecule has 2 heterocycles. The van der Waals surface area contributed by atoms with E-state index in [1.54, 1.807) is 31.2 Å². The standard InChI is InChI=1S/C21H23ClN4O3S2/c1-11-12(2)31-21-17(11)20(29)25-16(26-21)10-30-13(3)18(27)23-8-9-24-19(28)14-6-4-5-7-15(14)22/h4-7,13H,8-10H2,1-3H3,(H,23,27)(H,24,28)(H,25,26,29). The number of carbonyl (C=O) groups excluding carboxylic acids is 2. The van der Waals surface area contributed by atoms with Crippen LogP contribution in [-0.4, -0.2) is 40.1 Å². The zero-order chi connectivity index (χ0) is 22.5. The van der Waals surface area contributed by atoms with Crippen molar-refractivity contribution in [2.75, 3.05) is 13.1 Å². The minimum absolute atomic E-state index is 0.145. The van der Waals surface area contributed by atoms with Crippen molar-refractivity contribution in [2.45, 2.75) is 31.8 Å². The lowest BCUT2D eigenvalue weighted by atomic mass is 10.2. The van der Waals surface area contributed by atoms with Crippen molar-refractivity contribution < 1.29 is 9.59 Å². The molecule has 3 rings (SSSR count). The van der Waals surface area contributed by atoms with Crippen molar-refractivity contribution in [1.29, 1.82) is 0 Å². The molecule has 1 atom stereocenters. The molecular weight excluding hydrogens is 456 g/mol. The number of aryl methyl sites for hydroxylation is 2. The zero-order valence-corrected chi connectivity index (χ0v) is 19.8. The second kappa shape index (κ2) is 10.3. The molecular formula is C21H23ClN4O3S2. The first kappa shape index (κ1) is 23.3. The fraction of sp³-hybridized carbons (Fsp3) is 0.333. The van der Waals surface area contributed by atoms with Gasteiger partial charge in [0.05, 0.1) is 27.0 Å². The Morgan fingerprint density at radius 1 is 1.23 bits per heavy atom. The summed E-state index contributed by atoms with van der Waals surface area (Å²) in [6.45, 7) is 6.27. The number of fused-ring (bicyclic) bond motifs is 1. The van der Waals surface area contributed by atoms with Crippen molar-refractivity contribution in [3.63, 3.8) is 0 Å². The summed E-state index contributed by atoms with van der Waals surface area (Å²) < 4.78 is 0. The van der Waals surface area contributed by atoms with Gasteiger partial charge in [-0.1, -0.05) is 23.7 Å². The Morgan fingerprint density at radius 2 is 1.94 bits per heavy atom. The van der Waals surface area contributed by atoms with Gasteiger partial charge in [0, 0.05) is 18.0 Å². The van der Waals surface area contributed by atoms with E-state index in [1.165, 1.54) is 23.1 Å². The van der Waals surface area contributed by atoms with E-state index in [-0.39, 0.29) is 29.2 Å². The second-order valence-corrected chi connectivity index (χ2v) is 9.90. The van der Waals surface area contributed by atoms with E-state index in [2.05, 4.69) is 20.6 Å². The van der Waals surface area contributed by atoms with Gasteiger partial charge in [-0.3, -0.25) is 14.4 Å². The van der Waals surface area contributed by atoms with Gasteiger partial charge in [0.2, 0.25) is 5.91 Å². The second-order valence-electron chi connectivity index (χ2n) is 6.96. The number of aromatic amines is 1. The number of thioether (sulfide) groups is 1. The number of thiophene rings is 1. The van der Waals surface area contributed by atoms with Crippen LogP contribution in [0.1, 0.15) is 33.5 Å². The Hall–Kier alpha value is -2.36. The van der Waals surface area contributed by atoms with Crippen LogP contribution < -0.4 is 16.2 Å². The number of halogens is 1. The Kier molecular flexibility index (Phi) is 7.74. The Bertz CT molecular complexity index is 1180. The fourth-order valence-corrected chi connectivity index (χ4v) is 4.94. The van der Waals surface area contributed by atoms with E-state index in [0.29, 0.717) is 34.1 Å². The Balaban J connectivity index is 1.45. The molecule has 31 heavy (non-hydrogen) atoms. The molecule has 0 fully saturated rings. The predicted octanol–water partition coefficient (Wildman–Crippen LogP) is 3.42. The first-order chi connectivity index (χ1) is 14.8. The first-order valence-electron chi connectivity index (χ1n) is 9.69. The molecule has 1 aromatic carbocycles. The molecule has 1 unspecified atom stereocenters. The summed E-state index contributed by atoms with van der Waals surface area (Å²) in [7, 11) is 0. The first-order valence-corrected chi connectivity index (χ1v) is 11.9. The van der Waals surface area contributed by atoms with Gasteiger partial charge in [-0.05, 0) is 38.5 Å². The summed E-state index contributed by atoms with van der Waals surface area (Å²) in [4.78, 5) is 45.9. The van der Waals surface area contributed by atoms with Crippen LogP contribution >= 0.6 is 34.7 Å². The number of nitrogens with one attached hydrogen (secondary N) is 3. The number of amides is 2. The third-order valence-corrected chi connectivity index (χ3v) is 7.34. The van der Waals surface area contributed by atoms with Crippen LogP contribution in [0.3, 0.4) is 0 Å². The summed E-state index contributed by atoms with van der Waals surface area (Å²) in [5.41, 5.74) is 1.21. The number of carbonyl (C=O) groups is 2. The third kappa shape index (κ3) is 5.66. The van der Waals surface area contributed by atoms with Gasteiger partial charge in [0.15, 0.2) is 0 Å². The van der Waals surface area contributed by atoms with Crippen LogP contribution in [0.4, 0.5) is 0 Å². The maximum atomic E-state index is 12.3. The molecule has 2 amide bonds. The molecule has 0 spiro atoms. The molecule has 0 aliphatic heterocycles. The molecule has 2 aromatic heterocycles. The average Bonchev–Trinajstić information content (AvgIpc) is 3.03. The molecule has 0 aliphatic rings. The van der Waals surface area contributed by atoms with Gasteiger partial charge in [-0.25, -0.2) is 4.98 Å². The minimum Gasteiger partial charge on any atom is -0.353 e. The van der Waals surface area contributed by atoms with Crippen molar-refractivity contribution in [3.8, 4) is 0 Å². The highest BCUT2D eigenvalue weighted by atomic mass is 35.5. The molecule has 3 aromatic rings. The summed E-state index contributed by atoms with van der Waals surface area (Å²) in [5, 5.41) is 6.20. The van der Waals surface area contributed by atoms with E-state index in [0.717, 1.165) is 15.3 Å². The SMILES string of the molecule is Cc1sc2nc(CSC(C)C(=O)NCCNC(=O)c3ccccc3Cl)[nH]c(=O)c2c1C. The van der Waals surface area contributed by atoms with Crippen molar-refractivity contribution in [3.05, 3.63) is 61.5 Å². The molecule has 0 radical (unpaired) electrons. The number of hydrogen-bond donors (Lipinski definition) is 3. The summed E-state index contributed by atoms with van der Waals surface area (Å²) in [5.74, 6) is 0.532. The number of aromatic nitrogens is 2. The van der Waals surface area contributed by atoms with Crippen LogP contribution in [-0.2, 0) is 10.5 Å². The van der Waals surface area contributed by atoms with Crippen molar-refractivity contribution >= 4 is 56.7 Å². The highest BCUT2D eigenvalue weighted by Crippen LogP contribution is 2.26. The van der Waals surface area contributed by atoms with E-state index in [9.17, 15) is 14.4 Å². The molecule has 0 aliphatic carbocycles. The van der Waals surface area contributed by atoms with Gasteiger partial charge in [0.1, 0.15) is 10.7 Å². The number of hydrogen-bond acceptors (Lipinski definition) is 6. The average molecular weight is 479 g/mol. The molecule has 164 valence electrons. The van der Waals surface area contributed by atoms with Gasteiger partial charge < -0.3 is 15.6 Å². The molecule has 0 bridgehead atoms. The van der Waals surface area contributed by atoms with Crippen LogP contribution in [0.2, 0.25) is 5.02 Å². The highest BCUT2D eigenvalue weighted by Gasteiger charge is 2.16. The molecule has 7 nitrogen and oxygen atoms in total. The van der Waals surface area contributed by atoms with Gasteiger partial charge in [0.25, 0.3) is 11.5 Å². The van der Waals surface area contributed by atoms with E-state index < -0.39 is 0 Å². The molecule has 0 saturated heterocycles. The lowest BCUT2D eigenvalue weighted by molar-refractivity contribution is -0.120. The minimum atomic E-state index is -0.341. The summed E-state index contributed by atoms with van der Waals surface area (Å²) in [6.07, 6.45) is 0. The number of rotatable bonds is 8. The lowest BCUT2D eigenvalue weighted by Gasteiger charge is -2.12. The Labute approximate surface area is 193 Å². The van der Waals surface area contributed by atoms with Crippen molar-refractivity contribution in [2.24, 2.45) is 0 Å². The van der Waals surface area contributed by atoms with Crippen LogP contribution in [0.15, 0.2) is 29.1 Å². The highest BCUT2D eigenvalue weighted by molar-refractivity contribution is 7.99. The van der Waals surface area contributed by atoms with Gasteiger partial charge in [-0.15, -0.1) is 23.1 Å². The zero-order valence-electron chi connectivity index (χ0n) is 17.4. The smallest absolute Gasteiger partial charge is 0.259 e. The van der Waals surface area contributed by atoms with E-state index >= 15 is 0 Å².